The maximum atomic E-state index is 13.9. The fraction of sp³-hybridized carbons (Fsp3) is 0.333. The summed E-state index contributed by atoms with van der Waals surface area (Å²) in [6.07, 6.45) is -0.151. The number of amides is 2. The van der Waals surface area contributed by atoms with Crippen molar-refractivity contribution >= 4 is 11.8 Å². The average Bonchev–Trinajstić information content (AvgIpc) is 3.19. The Morgan fingerprint density at radius 3 is 2.39 bits per heavy atom. The normalized spacial score (nSPS) is 16.3. The summed E-state index contributed by atoms with van der Waals surface area (Å²) in [6, 6.07) is 16.5. The zero-order valence-electron chi connectivity index (χ0n) is 21.6. The third-order valence-electron chi connectivity index (χ3n) is 6.90. The highest BCUT2D eigenvalue weighted by molar-refractivity contribution is 6.04. The number of aliphatic hydroxyl groups is 1. The number of nitrogens with zero attached hydrogens (tertiary/aromatic N) is 1. The lowest BCUT2D eigenvalue weighted by Gasteiger charge is -2.29. The molecule has 3 unspecified atom stereocenters. The quantitative estimate of drug-likeness (QED) is 0.357. The Bertz CT molecular complexity index is 1280. The largest absolute Gasteiger partial charge is 0.390 e. The fourth-order valence-electron chi connectivity index (χ4n) is 4.97. The van der Waals surface area contributed by atoms with Crippen LogP contribution >= 0.6 is 0 Å². The standard InChI is InChI=1S/C30H33F2N3O3/c1-3-19-8-7-9-20(12-19)17-33-18-27(36)26(15-21-13-22(31)16-23(32)14-21)34-29(37)28-24-10-5-6-11-25(24)30(38)35(28)4-2/h5-14,16,26-28,33,36H,3-4,15,17-18H2,1-2H3,(H,34,37). The van der Waals surface area contributed by atoms with Crippen molar-refractivity contribution in [3.63, 3.8) is 0 Å². The van der Waals surface area contributed by atoms with Crippen LogP contribution < -0.4 is 10.6 Å². The Labute approximate surface area is 221 Å². The maximum Gasteiger partial charge on any atom is 0.255 e. The summed E-state index contributed by atoms with van der Waals surface area (Å²) in [4.78, 5) is 27.9. The third-order valence-corrected chi connectivity index (χ3v) is 6.90. The van der Waals surface area contributed by atoms with Crippen molar-refractivity contribution in [2.45, 2.75) is 51.4 Å². The van der Waals surface area contributed by atoms with Crippen LogP contribution in [0.15, 0.2) is 66.7 Å². The van der Waals surface area contributed by atoms with Crippen LogP contribution in [0.4, 0.5) is 8.78 Å². The van der Waals surface area contributed by atoms with E-state index in [1.807, 2.05) is 18.2 Å². The van der Waals surface area contributed by atoms with Crippen molar-refractivity contribution in [2.24, 2.45) is 0 Å². The highest BCUT2D eigenvalue weighted by atomic mass is 19.1. The second-order valence-corrected chi connectivity index (χ2v) is 9.55. The molecule has 0 spiro atoms. The number of carbonyl (C=O) groups excluding carboxylic acids is 2. The van der Waals surface area contributed by atoms with Gasteiger partial charge in [0, 0.05) is 31.3 Å². The summed E-state index contributed by atoms with van der Waals surface area (Å²) in [5.74, 6) is -2.16. The Morgan fingerprint density at radius 1 is 0.974 bits per heavy atom. The molecule has 3 N–H and O–H groups in total. The lowest BCUT2D eigenvalue weighted by Crippen LogP contribution is -2.51. The smallest absolute Gasteiger partial charge is 0.255 e. The zero-order chi connectivity index (χ0) is 27.2. The van der Waals surface area contributed by atoms with Crippen molar-refractivity contribution in [3.05, 3.63) is 106 Å². The predicted molar refractivity (Wildman–Crippen MR) is 141 cm³/mol. The van der Waals surface area contributed by atoms with E-state index in [9.17, 15) is 23.5 Å². The van der Waals surface area contributed by atoms with Gasteiger partial charge in [0.1, 0.15) is 17.7 Å². The summed E-state index contributed by atoms with van der Waals surface area (Å²) in [5.41, 5.74) is 3.63. The lowest BCUT2D eigenvalue weighted by atomic mass is 9.98. The van der Waals surface area contributed by atoms with Crippen LogP contribution in [0, 0.1) is 11.6 Å². The Kier molecular flexibility index (Phi) is 8.86. The van der Waals surface area contributed by atoms with Gasteiger partial charge in [0.2, 0.25) is 5.91 Å². The summed E-state index contributed by atoms with van der Waals surface area (Å²) in [7, 11) is 0. The van der Waals surface area contributed by atoms with Gasteiger partial charge in [-0.15, -0.1) is 0 Å². The van der Waals surface area contributed by atoms with E-state index in [1.165, 1.54) is 22.6 Å². The molecule has 1 heterocycles. The number of halogens is 2. The van der Waals surface area contributed by atoms with Crippen molar-refractivity contribution in [1.82, 2.24) is 15.5 Å². The Hall–Kier alpha value is -3.62. The summed E-state index contributed by atoms with van der Waals surface area (Å²) in [6.45, 7) is 4.84. The molecule has 0 fully saturated rings. The van der Waals surface area contributed by atoms with Crippen LogP contribution in [0.25, 0.3) is 0 Å². The van der Waals surface area contributed by atoms with Gasteiger partial charge in [-0.05, 0) is 60.2 Å². The number of nitrogens with one attached hydrogen (secondary N) is 2. The number of fused-ring (bicyclic) bond motifs is 1. The van der Waals surface area contributed by atoms with E-state index < -0.39 is 35.7 Å². The molecule has 0 radical (unpaired) electrons. The number of hydrogen-bond donors (Lipinski definition) is 3. The average molecular weight is 522 g/mol. The van der Waals surface area contributed by atoms with Crippen molar-refractivity contribution < 1.29 is 23.5 Å². The molecule has 0 bridgehead atoms. The van der Waals surface area contributed by atoms with E-state index in [0.717, 1.165) is 18.1 Å². The molecule has 2 amide bonds. The minimum Gasteiger partial charge on any atom is -0.390 e. The molecule has 3 aromatic rings. The van der Waals surface area contributed by atoms with Crippen LogP contribution in [0.1, 0.15) is 52.5 Å². The molecule has 0 aliphatic carbocycles. The number of hydrogen-bond acceptors (Lipinski definition) is 4. The van der Waals surface area contributed by atoms with Crippen LogP contribution in [-0.4, -0.2) is 47.1 Å². The van der Waals surface area contributed by atoms with E-state index in [1.54, 1.807) is 31.2 Å². The highest BCUT2D eigenvalue weighted by Gasteiger charge is 2.41. The molecule has 3 atom stereocenters. The first kappa shape index (κ1) is 27.4. The molecule has 1 aliphatic rings. The van der Waals surface area contributed by atoms with Gasteiger partial charge >= 0.3 is 0 Å². The lowest BCUT2D eigenvalue weighted by molar-refractivity contribution is -0.127. The minimum atomic E-state index is -1.07. The molecular formula is C30H33F2N3O3. The van der Waals surface area contributed by atoms with Crippen molar-refractivity contribution in [3.8, 4) is 0 Å². The van der Waals surface area contributed by atoms with Gasteiger partial charge in [0.25, 0.3) is 5.91 Å². The molecule has 6 nitrogen and oxygen atoms in total. The number of aryl methyl sites for hydroxylation is 1. The monoisotopic (exact) mass is 521 g/mol. The van der Waals surface area contributed by atoms with E-state index >= 15 is 0 Å². The zero-order valence-corrected chi connectivity index (χ0v) is 21.6. The minimum absolute atomic E-state index is 0.00300. The van der Waals surface area contributed by atoms with Gasteiger partial charge in [-0.25, -0.2) is 8.78 Å². The van der Waals surface area contributed by atoms with E-state index in [0.29, 0.717) is 29.8 Å². The summed E-state index contributed by atoms with van der Waals surface area (Å²) in [5, 5.41) is 17.2. The van der Waals surface area contributed by atoms with E-state index in [2.05, 4.69) is 23.6 Å². The third kappa shape index (κ3) is 6.26. The molecule has 0 saturated heterocycles. The first-order valence-electron chi connectivity index (χ1n) is 12.9. The van der Waals surface area contributed by atoms with E-state index in [4.69, 9.17) is 0 Å². The van der Waals surface area contributed by atoms with Gasteiger partial charge in [-0.1, -0.05) is 49.4 Å². The molecule has 200 valence electrons. The van der Waals surface area contributed by atoms with Gasteiger partial charge in [-0.3, -0.25) is 9.59 Å². The molecular weight excluding hydrogens is 488 g/mol. The van der Waals surface area contributed by atoms with Crippen molar-refractivity contribution in [2.75, 3.05) is 13.1 Å². The number of likely N-dealkylation sites (N-methyl/N-ethyl adjacent to an activating group) is 1. The van der Waals surface area contributed by atoms with Gasteiger partial charge in [0.15, 0.2) is 0 Å². The second kappa shape index (κ2) is 12.3. The van der Waals surface area contributed by atoms with Gasteiger partial charge < -0.3 is 20.6 Å². The van der Waals surface area contributed by atoms with Crippen LogP contribution in [0.5, 0.6) is 0 Å². The highest BCUT2D eigenvalue weighted by Crippen LogP contribution is 2.33. The molecule has 8 heteroatoms. The van der Waals surface area contributed by atoms with Crippen molar-refractivity contribution in [1.29, 1.82) is 0 Å². The van der Waals surface area contributed by atoms with E-state index in [-0.39, 0.29) is 18.9 Å². The predicted octanol–water partition coefficient (Wildman–Crippen LogP) is 3.92. The number of aliphatic hydroxyl groups excluding tert-OH is 1. The summed E-state index contributed by atoms with van der Waals surface area (Å²) >= 11 is 0. The molecule has 0 saturated carbocycles. The number of benzene rings is 3. The van der Waals surface area contributed by atoms with Crippen LogP contribution in [0.3, 0.4) is 0 Å². The molecule has 4 rings (SSSR count). The maximum absolute atomic E-state index is 13.9. The van der Waals surface area contributed by atoms with Gasteiger partial charge in [0.05, 0.1) is 12.1 Å². The fourth-order valence-corrected chi connectivity index (χ4v) is 4.97. The Morgan fingerprint density at radius 2 is 1.68 bits per heavy atom. The topological polar surface area (TPSA) is 81.7 Å². The van der Waals surface area contributed by atoms with Crippen LogP contribution in [-0.2, 0) is 24.2 Å². The first-order chi connectivity index (χ1) is 18.3. The van der Waals surface area contributed by atoms with Gasteiger partial charge in [-0.2, -0.15) is 0 Å². The molecule has 38 heavy (non-hydrogen) atoms. The molecule has 3 aromatic carbocycles. The van der Waals surface area contributed by atoms with Crippen LogP contribution in [0.2, 0.25) is 0 Å². The SMILES string of the molecule is CCc1cccc(CNCC(O)C(Cc2cc(F)cc(F)c2)NC(=O)C2c3ccccc3C(=O)N2CC)c1. The number of carbonyl (C=O) groups is 2. The second-order valence-electron chi connectivity index (χ2n) is 9.55. The molecule has 0 aromatic heterocycles. The summed E-state index contributed by atoms with van der Waals surface area (Å²) < 4.78 is 27.8. The molecule has 1 aliphatic heterocycles. The Balaban J connectivity index is 1.52. The first-order valence-corrected chi connectivity index (χ1v) is 12.9. The number of rotatable bonds is 11.